The van der Waals surface area contributed by atoms with Gasteiger partial charge in [0.2, 0.25) is 0 Å². The molecule has 194 valence electrons. The van der Waals surface area contributed by atoms with E-state index in [4.69, 9.17) is 4.74 Å². The van der Waals surface area contributed by atoms with Gasteiger partial charge in [0.05, 0.1) is 17.6 Å². The molecule has 37 heavy (non-hydrogen) atoms. The Morgan fingerprint density at radius 1 is 1.03 bits per heavy atom. The van der Waals surface area contributed by atoms with Crippen LogP contribution in [0.2, 0.25) is 0 Å². The van der Waals surface area contributed by atoms with Crippen LogP contribution < -0.4 is 14.8 Å². The smallest absolute Gasteiger partial charge is 0.416 e. The van der Waals surface area contributed by atoms with Crippen molar-refractivity contribution >= 4 is 27.2 Å². The van der Waals surface area contributed by atoms with Crippen LogP contribution in [0.5, 0.6) is 5.75 Å². The summed E-state index contributed by atoms with van der Waals surface area (Å²) in [5.74, 6) is 0.384. The molecule has 0 saturated carbocycles. The van der Waals surface area contributed by atoms with E-state index in [9.17, 15) is 26.4 Å². The van der Waals surface area contributed by atoms with Crippen molar-refractivity contribution in [2.75, 3.05) is 11.8 Å². The molecule has 1 aliphatic rings. The van der Waals surface area contributed by atoms with Gasteiger partial charge in [-0.3, -0.25) is 9.52 Å². The number of sulfonamides is 1. The summed E-state index contributed by atoms with van der Waals surface area (Å²) in [6, 6.07) is 14.7. The Labute approximate surface area is 213 Å². The number of alkyl halides is 3. The molecule has 0 spiro atoms. The van der Waals surface area contributed by atoms with Gasteiger partial charge in [-0.05, 0) is 86.5 Å². The maximum Gasteiger partial charge on any atom is 0.416 e. The van der Waals surface area contributed by atoms with Crippen LogP contribution in [0.15, 0.2) is 77.7 Å². The average molecular weight is 531 g/mol. The number of hydrogen-bond acceptors (Lipinski definition) is 5. The monoisotopic (exact) mass is 530 g/mol. The quantitative estimate of drug-likeness (QED) is 0.317. The third-order valence-electron chi connectivity index (χ3n) is 5.90. The lowest BCUT2D eigenvalue weighted by atomic mass is 9.85. The molecular weight excluding hydrogens is 505 g/mol. The third-order valence-corrected chi connectivity index (χ3v) is 7.30. The van der Waals surface area contributed by atoms with E-state index < -0.39 is 21.8 Å². The molecule has 0 saturated heterocycles. The van der Waals surface area contributed by atoms with Crippen LogP contribution in [0, 0.1) is 0 Å². The highest BCUT2D eigenvalue weighted by Gasteiger charge is 2.31. The lowest BCUT2D eigenvalue weighted by Gasteiger charge is -2.35. The van der Waals surface area contributed by atoms with Gasteiger partial charge in [-0.2, -0.15) is 13.2 Å². The molecule has 0 fully saturated rings. The fraction of sp³-hybridized carbons (Fsp3) is 0.222. The Hall–Kier alpha value is -3.79. The van der Waals surface area contributed by atoms with Crippen LogP contribution in [0.1, 0.15) is 40.9 Å². The number of nitrogens with one attached hydrogen (secondary N) is 2. The number of rotatable bonds is 6. The number of carbonyl (C=O) groups excluding carboxylic acids is 1. The van der Waals surface area contributed by atoms with Crippen molar-refractivity contribution in [3.8, 4) is 5.75 Å². The second kappa shape index (κ2) is 9.59. The number of fused-ring (bicyclic) bond motifs is 1. The second-order valence-corrected chi connectivity index (χ2v) is 11.0. The largest absolute Gasteiger partial charge is 0.497 e. The van der Waals surface area contributed by atoms with Crippen LogP contribution in [0.4, 0.5) is 18.9 Å². The van der Waals surface area contributed by atoms with Gasteiger partial charge in [0.25, 0.3) is 10.0 Å². The molecule has 3 aromatic rings. The summed E-state index contributed by atoms with van der Waals surface area (Å²) in [5, 5.41) is 3.40. The van der Waals surface area contributed by atoms with Gasteiger partial charge in [-0.1, -0.05) is 6.07 Å². The number of ketones is 1. The highest BCUT2D eigenvalue weighted by atomic mass is 32.2. The molecule has 6 nitrogen and oxygen atoms in total. The molecule has 0 atom stereocenters. The van der Waals surface area contributed by atoms with Crippen LogP contribution in [-0.4, -0.2) is 26.8 Å². The zero-order valence-electron chi connectivity index (χ0n) is 20.3. The molecule has 1 heterocycles. The Bertz CT molecular complexity index is 1460. The summed E-state index contributed by atoms with van der Waals surface area (Å²) in [6.45, 7) is 4.08. The summed E-state index contributed by atoms with van der Waals surface area (Å²) < 4.78 is 71.1. The van der Waals surface area contributed by atoms with Crippen molar-refractivity contribution in [2.24, 2.45) is 0 Å². The minimum Gasteiger partial charge on any atom is -0.497 e. The van der Waals surface area contributed by atoms with E-state index in [0.29, 0.717) is 29.1 Å². The molecule has 0 radical (unpaired) electrons. The molecule has 2 N–H and O–H groups in total. The van der Waals surface area contributed by atoms with Crippen LogP contribution >= 0.6 is 0 Å². The zero-order valence-corrected chi connectivity index (χ0v) is 21.1. The van der Waals surface area contributed by atoms with Gasteiger partial charge in [-0.25, -0.2) is 8.42 Å². The summed E-state index contributed by atoms with van der Waals surface area (Å²) >= 11 is 0. The number of allylic oxidation sites excluding steroid dienone is 1. The molecule has 0 amide bonds. The fourth-order valence-corrected chi connectivity index (χ4v) is 5.17. The van der Waals surface area contributed by atoms with E-state index in [2.05, 4.69) is 10.0 Å². The highest BCUT2D eigenvalue weighted by molar-refractivity contribution is 7.92. The minimum atomic E-state index is -4.57. The minimum absolute atomic E-state index is 0.163. The Morgan fingerprint density at radius 2 is 1.68 bits per heavy atom. The van der Waals surface area contributed by atoms with Crippen LogP contribution in [0.25, 0.3) is 5.70 Å². The third kappa shape index (κ3) is 5.96. The zero-order chi connectivity index (χ0) is 27.0. The summed E-state index contributed by atoms with van der Waals surface area (Å²) in [7, 11) is -2.55. The lowest BCUT2D eigenvalue weighted by molar-refractivity contribution is -0.137. The van der Waals surface area contributed by atoms with E-state index in [0.717, 1.165) is 29.7 Å². The standard InChI is InChI=1S/C27H25F3N2O4S/c1-26(2)16-18-6-11-21(36-3)14-23(18)24(31-26)15-25(33)17-4-9-20(10-5-17)32-37(34,35)22-12-7-19(8-13-22)27(28,29)30/h4-15,31-32H,16H2,1-3H3. The highest BCUT2D eigenvalue weighted by Crippen LogP contribution is 2.33. The van der Waals surface area contributed by atoms with E-state index in [1.165, 1.54) is 30.3 Å². The van der Waals surface area contributed by atoms with Crippen molar-refractivity contribution < 1.29 is 31.1 Å². The van der Waals surface area contributed by atoms with Crippen molar-refractivity contribution in [2.45, 2.75) is 36.9 Å². The first-order chi connectivity index (χ1) is 17.3. The molecule has 0 unspecified atom stereocenters. The van der Waals surface area contributed by atoms with E-state index in [1.54, 1.807) is 7.11 Å². The van der Waals surface area contributed by atoms with Gasteiger partial charge in [0.15, 0.2) is 5.78 Å². The lowest BCUT2D eigenvalue weighted by Crippen LogP contribution is -2.43. The second-order valence-electron chi connectivity index (χ2n) is 9.34. The Kier molecular flexibility index (Phi) is 6.81. The molecule has 0 bridgehead atoms. The Morgan fingerprint density at radius 3 is 2.27 bits per heavy atom. The van der Waals surface area contributed by atoms with Gasteiger partial charge in [0, 0.05) is 34.1 Å². The first kappa shape index (κ1) is 26.3. The number of halogens is 3. The number of carbonyl (C=O) groups is 1. The van der Waals surface area contributed by atoms with Crippen molar-refractivity contribution in [1.29, 1.82) is 0 Å². The topological polar surface area (TPSA) is 84.5 Å². The molecule has 4 rings (SSSR count). The molecule has 10 heteroatoms. The van der Waals surface area contributed by atoms with Crippen molar-refractivity contribution in [1.82, 2.24) is 5.32 Å². The summed E-state index contributed by atoms with van der Waals surface area (Å²) in [4.78, 5) is 12.7. The van der Waals surface area contributed by atoms with Gasteiger partial charge >= 0.3 is 6.18 Å². The van der Waals surface area contributed by atoms with Crippen LogP contribution in [0.3, 0.4) is 0 Å². The maximum atomic E-state index is 13.0. The number of benzene rings is 3. The predicted molar refractivity (Wildman–Crippen MR) is 135 cm³/mol. The van der Waals surface area contributed by atoms with E-state index in [1.807, 2.05) is 32.0 Å². The number of ether oxygens (including phenoxy) is 1. The predicted octanol–water partition coefficient (Wildman–Crippen LogP) is 5.66. The number of hydrogen-bond donors (Lipinski definition) is 2. The maximum absolute atomic E-state index is 13.0. The average Bonchev–Trinajstić information content (AvgIpc) is 2.83. The first-order valence-corrected chi connectivity index (χ1v) is 12.8. The van der Waals surface area contributed by atoms with E-state index in [-0.39, 0.29) is 21.9 Å². The SMILES string of the molecule is COc1ccc2c(c1)C(=CC(=O)c1ccc(NS(=O)(=O)c3ccc(C(F)(F)F)cc3)cc1)NC(C)(C)C2. The molecule has 0 aromatic heterocycles. The van der Waals surface area contributed by atoms with Crippen molar-refractivity contribution in [3.05, 3.63) is 95.1 Å². The van der Waals surface area contributed by atoms with Gasteiger partial charge < -0.3 is 10.1 Å². The van der Waals surface area contributed by atoms with E-state index >= 15 is 0 Å². The molecule has 0 aliphatic carbocycles. The van der Waals surface area contributed by atoms with Gasteiger partial charge in [-0.15, -0.1) is 0 Å². The fourth-order valence-electron chi connectivity index (χ4n) is 4.11. The Balaban J connectivity index is 1.54. The normalized spacial score (nSPS) is 16.0. The summed E-state index contributed by atoms with van der Waals surface area (Å²) in [6.07, 6.45) is -2.30. The van der Waals surface area contributed by atoms with Crippen LogP contribution in [-0.2, 0) is 22.6 Å². The number of methoxy groups -OCH3 is 1. The van der Waals surface area contributed by atoms with Gasteiger partial charge in [0.1, 0.15) is 5.75 Å². The first-order valence-electron chi connectivity index (χ1n) is 11.3. The van der Waals surface area contributed by atoms with Crippen molar-refractivity contribution in [3.63, 3.8) is 0 Å². The molecule has 3 aromatic carbocycles. The molecule has 1 aliphatic heterocycles. The number of anilines is 1. The summed E-state index contributed by atoms with van der Waals surface area (Å²) in [5.41, 5.74) is 1.89. The molecular formula is C27H25F3N2O4S.